The van der Waals surface area contributed by atoms with E-state index in [2.05, 4.69) is 4.74 Å². The average Bonchev–Trinajstić information content (AvgIpc) is 2.07. The minimum atomic E-state index is -5.10. The Hall–Kier alpha value is -1.99. The third kappa shape index (κ3) is 2.75. The Morgan fingerprint density at radius 2 is 1.94 bits per heavy atom. The van der Waals surface area contributed by atoms with Crippen molar-refractivity contribution in [3.63, 3.8) is 0 Å². The molecule has 0 atom stereocenters. The molecule has 1 aromatic rings. The van der Waals surface area contributed by atoms with E-state index in [0.717, 1.165) is 0 Å². The average molecular weight is 239 g/mol. The maximum Gasteiger partial charge on any atom is 0.573 e. The van der Waals surface area contributed by atoms with E-state index in [1.807, 2.05) is 0 Å². The van der Waals surface area contributed by atoms with Gasteiger partial charge in [0.25, 0.3) is 0 Å². The number of nitrogens with two attached hydrogens (primary N) is 1. The lowest BCUT2D eigenvalue weighted by molar-refractivity contribution is -0.275. The van der Waals surface area contributed by atoms with Crippen LogP contribution < -0.4 is 10.5 Å². The molecule has 0 aromatic heterocycles. The van der Waals surface area contributed by atoms with Gasteiger partial charge in [0.05, 0.1) is 5.56 Å². The van der Waals surface area contributed by atoms with E-state index in [1.54, 1.807) is 0 Å². The highest BCUT2D eigenvalue weighted by atomic mass is 19.4. The third-order valence-electron chi connectivity index (χ3n) is 1.56. The first-order chi connectivity index (χ1) is 7.20. The molecule has 3 N–H and O–H groups in total. The van der Waals surface area contributed by atoms with Crippen LogP contribution in [0.2, 0.25) is 0 Å². The molecule has 16 heavy (non-hydrogen) atoms. The van der Waals surface area contributed by atoms with Crippen molar-refractivity contribution in [2.24, 2.45) is 0 Å². The van der Waals surface area contributed by atoms with Gasteiger partial charge >= 0.3 is 12.3 Å². The number of carboxylic acid groups (broad SMARTS) is 1. The van der Waals surface area contributed by atoms with Crippen LogP contribution in [0.15, 0.2) is 12.1 Å². The molecule has 0 aliphatic carbocycles. The number of hydrogen-bond acceptors (Lipinski definition) is 3. The lowest BCUT2D eigenvalue weighted by atomic mass is 10.1. The summed E-state index contributed by atoms with van der Waals surface area (Å²) in [6.45, 7) is 0. The van der Waals surface area contributed by atoms with Gasteiger partial charge in [0, 0.05) is 17.8 Å². The van der Waals surface area contributed by atoms with Crippen LogP contribution in [-0.4, -0.2) is 17.4 Å². The van der Waals surface area contributed by atoms with Crippen molar-refractivity contribution in [1.82, 2.24) is 0 Å². The predicted octanol–water partition coefficient (Wildman–Crippen LogP) is 2.00. The Labute approximate surface area is 86.2 Å². The lowest BCUT2D eigenvalue weighted by Gasteiger charge is -2.11. The highest BCUT2D eigenvalue weighted by Crippen LogP contribution is 2.29. The number of benzene rings is 1. The molecule has 0 bridgehead atoms. The van der Waals surface area contributed by atoms with E-state index in [9.17, 15) is 22.4 Å². The van der Waals surface area contributed by atoms with Gasteiger partial charge in [-0.15, -0.1) is 13.2 Å². The van der Waals surface area contributed by atoms with Gasteiger partial charge in [0.1, 0.15) is 0 Å². The summed E-state index contributed by atoms with van der Waals surface area (Å²) < 4.78 is 51.6. The van der Waals surface area contributed by atoms with Crippen molar-refractivity contribution in [2.45, 2.75) is 6.36 Å². The molecule has 1 rings (SSSR count). The highest BCUT2D eigenvalue weighted by molar-refractivity contribution is 5.94. The number of alkyl halides is 3. The lowest BCUT2D eigenvalue weighted by Crippen LogP contribution is -2.18. The van der Waals surface area contributed by atoms with Gasteiger partial charge in [-0.3, -0.25) is 0 Å². The standard InChI is InChI=1S/C8H5F4NO3/c9-4-2-5(13)3(7(14)15)1-6(4)16-8(10,11)12/h1-2H,13H2,(H,14,15). The van der Waals surface area contributed by atoms with Gasteiger partial charge in [0.15, 0.2) is 11.6 Å². The summed E-state index contributed by atoms with van der Waals surface area (Å²) in [6.07, 6.45) is -5.10. The molecule has 0 aliphatic heterocycles. The summed E-state index contributed by atoms with van der Waals surface area (Å²) in [4.78, 5) is 10.5. The van der Waals surface area contributed by atoms with E-state index < -0.39 is 35.1 Å². The first-order valence-corrected chi connectivity index (χ1v) is 3.79. The van der Waals surface area contributed by atoms with E-state index in [1.165, 1.54) is 0 Å². The zero-order valence-electron chi connectivity index (χ0n) is 7.51. The summed E-state index contributed by atoms with van der Waals surface area (Å²) in [5, 5.41) is 8.54. The molecule has 0 saturated heterocycles. The van der Waals surface area contributed by atoms with Gasteiger partial charge in [-0.2, -0.15) is 0 Å². The van der Waals surface area contributed by atoms with Crippen molar-refractivity contribution >= 4 is 11.7 Å². The summed E-state index contributed by atoms with van der Waals surface area (Å²) in [5.74, 6) is -4.21. The molecule has 0 heterocycles. The smallest absolute Gasteiger partial charge is 0.478 e. The monoisotopic (exact) mass is 239 g/mol. The quantitative estimate of drug-likeness (QED) is 0.611. The Morgan fingerprint density at radius 3 is 2.38 bits per heavy atom. The number of carboxylic acids is 1. The molecule has 0 unspecified atom stereocenters. The second-order valence-corrected chi connectivity index (χ2v) is 2.72. The van der Waals surface area contributed by atoms with Crippen LogP contribution >= 0.6 is 0 Å². The summed E-state index contributed by atoms with van der Waals surface area (Å²) in [7, 11) is 0. The van der Waals surface area contributed by atoms with E-state index in [0.29, 0.717) is 12.1 Å². The van der Waals surface area contributed by atoms with Crippen LogP contribution in [0.4, 0.5) is 23.2 Å². The van der Waals surface area contributed by atoms with E-state index >= 15 is 0 Å². The normalized spacial score (nSPS) is 11.2. The van der Waals surface area contributed by atoms with Gasteiger partial charge in [-0.1, -0.05) is 0 Å². The maximum atomic E-state index is 12.9. The Balaban J connectivity index is 3.20. The second-order valence-electron chi connectivity index (χ2n) is 2.72. The number of nitrogen functional groups attached to an aromatic ring is 1. The van der Waals surface area contributed by atoms with Crippen LogP contribution in [0.3, 0.4) is 0 Å². The van der Waals surface area contributed by atoms with Crippen molar-refractivity contribution < 1.29 is 32.2 Å². The number of hydrogen-bond donors (Lipinski definition) is 2. The molecule has 0 saturated carbocycles. The van der Waals surface area contributed by atoms with Crippen molar-refractivity contribution in [1.29, 1.82) is 0 Å². The Morgan fingerprint density at radius 1 is 1.38 bits per heavy atom. The Kier molecular flexibility index (Phi) is 2.92. The zero-order valence-corrected chi connectivity index (χ0v) is 7.51. The molecule has 0 fully saturated rings. The van der Waals surface area contributed by atoms with Crippen LogP contribution in [0.1, 0.15) is 10.4 Å². The zero-order chi connectivity index (χ0) is 12.5. The largest absolute Gasteiger partial charge is 0.573 e. The van der Waals surface area contributed by atoms with Crippen molar-refractivity contribution in [3.8, 4) is 5.75 Å². The molecule has 8 heteroatoms. The minimum absolute atomic E-state index is 0.375. The van der Waals surface area contributed by atoms with Gasteiger partial charge < -0.3 is 15.6 Å². The van der Waals surface area contributed by atoms with Gasteiger partial charge in [-0.25, -0.2) is 9.18 Å². The first kappa shape index (κ1) is 12.1. The number of aromatic carboxylic acids is 1. The van der Waals surface area contributed by atoms with Crippen molar-refractivity contribution in [3.05, 3.63) is 23.5 Å². The molecular formula is C8H5F4NO3. The number of halogens is 4. The topological polar surface area (TPSA) is 72.5 Å². The fourth-order valence-electron chi connectivity index (χ4n) is 0.957. The molecular weight excluding hydrogens is 234 g/mol. The first-order valence-electron chi connectivity index (χ1n) is 3.79. The third-order valence-corrected chi connectivity index (χ3v) is 1.56. The van der Waals surface area contributed by atoms with Crippen molar-refractivity contribution in [2.75, 3.05) is 5.73 Å². The fourth-order valence-corrected chi connectivity index (χ4v) is 0.957. The van der Waals surface area contributed by atoms with Gasteiger partial charge in [-0.05, 0) is 0 Å². The molecule has 88 valence electrons. The number of ether oxygens (including phenoxy) is 1. The fraction of sp³-hybridized carbons (Fsp3) is 0.125. The number of carbonyl (C=O) groups is 1. The Bertz CT molecular complexity index is 430. The molecule has 0 aliphatic rings. The maximum absolute atomic E-state index is 12.9. The molecule has 1 aromatic carbocycles. The van der Waals surface area contributed by atoms with Gasteiger partial charge in [0.2, 0.25) is 0 Å². The summed E-state index contributed by atoms with van der Waals surface area (Å²) in [6, 6.07) is 0.824. The van der Waals surface area contributed by atoms with Crippen LogP contribution in [0.5, 0.6) is 5.75 Å². The highest BCUT2D eigenvalue weighted by Gasteiger charge is 2.33. The van der Waals surface area contributed by atoms with Crippen LogP contribution in [-0.2, 0) is 0 Å². The second kappa shape index (κ2) is 3.87. The molecule has 4 nitrogen and oxygen atoms in total. The van der Waals surface area contributed by atoms with Crippen LogP contribution in [0, 0.1) is 5.82 Å². The van der Waals surface area contributed by atoms with Crippen LogP contribution in [0.25, 0.3) is 0 Å². The molecule has 0 spiro atoms. The predicted molar refractivity (Wildman–Crippen MR) is 44.5 cm³/mol. The van der Waals surface area contributed by atoms with E-state index in [4.69, 9.17) is 10.8 Å². The molecule has 0 amide bonds. The molecule has 0 radical (unpaired) electrons. The number of anilines is 1. The summed E-state index contributed by atoms with van der Waals surface area (Å²) in [5.41, 5.74) is 3.94. The minimum Gasteiger partial charge on any atom is -0.478 e. The number of rotatable bonds is 2. The SMILES string of the molecule is Nc1cc(F)c(OC(F)(F)F)cc1C(=O)O. The summed E-state index contributed by atoms with van der Waals surface area (Å²) >= 11 is 0. The van der Waals surface area contributed by atoms with E-state index in [-0.39, 0.29) is 0 Å².